The number of primary amides is 1. The number of benzene rings is 2. The van der Waals surface area contributed by atoms with Crippen LogP contribution >= 0.6 is 0 Å². The summed E-state index contributed by atoms with van der Waals surface area (Å²) in [6.07, 6.45) is 6.12. The molecule has 0 spiro atoms. The smallest absolute Gasteiger partial charge is 0.335 e. The molecule has 0 unspecified atom stereocenters. The minimum absolute atomic E-state index is 0.0827. The first-order valence-corrected chi connectivity index (χ1v) is 10.2. The van der Waals surface area contributed by atoms with Crippen molar-refractivity contribution >= 4 is 11.7 Å². The first kappa shape index (κ1) is 18.7. The number of nitrogens with one attached hydrogen (secondary N) is 1. The highest BCUT2D eigenvalue weighted by Crippen LogP contribution is 2.34. The van der Waals surface area contributed by atoms with Gasteiger partial charge in [0.2, 0.25) is 0 Å². The van der Waals surface area contributed by atoms with E-state index in [9.17, 15) is 4.79 Å². The van der Waals surface area contributed by atoms with Crippen LogP contribution in [0, 0.1) is 6.92 Å². The Kier molecular flexibility index (Phi) is 5.44. The molecule has 2 aromatic carbocycles. The lowest BCUT2D eigenvalue weighted by atomic mass is 9.89. The van der Waals surface area contributed by atoms with E-state index in [1.54, 1.807) is 0 Å². The predicted octanol–water partition coefficient (Wildman–Crippen LogP) is 4.13. The summed E-state index contributed by atoms with van der Waals surface area (Å²) in [5, 5.41) is 9.99. The van der Waals surface area contributed by atoms with Gasteiger partial charge in [0.1, 0.15) is 6.04 Å². The van der Waals surface area contributed by atoms with Crippen molar-refractivity contribution in [3.63, 3.8) is 0 Å². The van der Waals surface area contributed by atoms with Gasteiger partial charge in [0.15, 0.2) is 0 Å². The van der Waals surface area contributed by atoms with Gasteiger partial charge < -0.3 is 11.1 Å². The molecule has 1 heterocycles. The van der Waals surface area contributed by atoms with Crippen LogP contribution in [0.4, 0.5) is 4.79 Å². The number of amides is 2. The zero-order valence-corrected chi connectivity index (χ0v) is 16.3. The second-order valence-corrected chi connectivity index (χ2v) is 7.87. The molecule has 0 aromatic heterocycles. The van der Waals surface area contributed by atoms with E-state index in [1.807, 2.05) is 30.3 Å². The van der Waals surface area contributed by atoms with E-state index in [0.29, 0.717) is 6.04 Å². The molecule has 5 nitrogen and oxygen atoms in total. The first-order chi connectivity index (χ1) is 13.6. The quantitative estimate of drug-likeness (QED) is 0.842. The van der Waals surface area contributed by atoms with Crippen LogP contribution < -0.4 is 11.1 Å². The number of carbonyl (C=O) groups excluding carboxylic acids is 1. The normalized spacial score (nSPS) is 22.9. The zero-order chi connectivity index (χ0) is 19.5. The first-order valence-electron chi connectivity index (χ1n) is 10.2. The molecule has 28 heavy (non-hydrogen) atoms. The zero-order valence-electron chi connectivity index (χ0n) is 16.3. The minimum Gasteiger partial charge on any atom is -0.350 e. The lowest BCUT2D eigenvalue weighted by Crippen LogP contribution is -2.48. The minimum atomic E-state index is -0.522. The molecule has 1 saturated carbocycles. The van der Waals surface area contributed by atoms with Crippen molar-refractivity contribution in [2.75, 3.05) is 0 Å². The van der Waals surface area contributed by atoms with E-state index in [2.05, 4.69) is 36.5 Å². The summed E-state index contributed by atoms with van der Waals surface area (Å²) < 4.78 is 0. The second-order valence-electron chi connectivity index (χ2n) is 7.87. The molecule has 1 aliphatic heterocycles. The Labute approximate surface area is 166 Å². The summed E-state index contributed by atoms with van der Waals surface area (Å²) in [6.45, 7) is 2.07. The van der Waals surface area contributed by atoms with Crippen molar-refractivity contribution < 1.29 is 4.79 Å². The number of hydrogen-bond acceptors (Lipinski definition) is 3. The van der Waals surface area contributed by atoms with Crippen LogP contribution in [0.2, 0.25) is 0 Å². The average molecular weight is 377 g/mol. The van der Waals surface area contributed by atoms with E-state index in [0.717, 1.165) is 29.7 Å². The van der Waals surface area contributed by atoms with E-state index >= 15 is 0 Å². The van der Waals surface area contributed by atoms with E-state index in [1.165, 1.54) is 29.8 Å². The Bertz CT molecular complexity index is 841. The summed E-state index contributed by atoms with van der Waals surface area (Å²) in [4.78, 5) is 12.3. The highest BCUT2D eigenvalue weighted by Gasteiger charge is 2.42. The molecule has 0 bridgehead atoms. The summed E-state index contributed by atoms with van der Waals surface area (Å²) in [6, 6.07) is 18.0. The van der Waals surface area contributed by atoms with Crippen molar-refractivity contribution in [2.24, 2.45) is 10.8 Å². The number of nitrogens with zero attached hydrogens (tertiary/aromatic N) is 2. The molecule has 3 N–H and O–H groups in total. The highest BCUT2D eigenvalue weighted by molar-refractivity contribution is 6.07. The highest BCUT2D eigenvalue weighted by atomic mass is 16.2. The molecular weight excluding hydrogens is 348 g/mol. The molecule has 2 atom stereocenters. The van der Waals surface area contributed by atoms with E-state index in [4.69, 9.17) is 10.8 Å². The van der Waals surface area contributed by atoms with Gasteiger partial charge in [0, 0.05) is 6.04 Å². The standard InChI is InChI=1S/C23H28N4O/c1-16-12-14-17(15-13-16)20-21(25-19-10-6-3-7-11-19)22(27(26-20)23(24)28)18-8-4-2-5-9-18/h2,4-5,8-9,12-15,19,21-22,25H,3,6-7,10-11H2,1H3,(H2,24,28)/t21-,22+/m0/s1. The van der Waals surface area contributed by atoms with Gasteiger partial charge in [0.05, 0.1) is 11.8 Å². The van der Waals surface area contributed by atoms with Crippen molar-refractivity contribution in [3.05, 3.63) is 71.3 Å². The molecule has 0 saturated heterocycles. The third-order valence-corrected chi connectivity index (χ3v) is 5.82. The topological polar surface area (TPSA) is 70.7 Å². The summed E-state index contributed by atoms with van der Waals surface area (Å²) >= 11 is 0. The summed E-state index contributed by atoms with van der Waals surface area (Å²) in [7, 11) is 0. The monoisotopic (exact) mass is 376 g/mol. The number of urea groups is 1. The molecule has 146 valence electrons. The SMILES string of the molecule is Cc1ccc(C2=NN(C(N)=O)[C@H](c3ccccc3)[C@H]2NC2CCCCC2)cc1. The van der Waals surface area contributed by atoms with Crippen LogP contribution in [0.15, 0.2) is 59.7 Å². The predicted molar refractivity (Wildman–Crippen MR) is 112 cm³/mol. The number of hydrogen-bond donors (Lipinski definition) is 2. The number of nitrogens with two attached hydrogens (primary N) is 1. The largest absolute Gasteiger partial charge is 0.350 e. The Morgan fingerprint density at radius 1 is 1.04 bits per heavy atom. The van der Waals surface area contributed by atoms with Crippen LogP contribution in [0.25, 0.3) is 0 Å². The van der Waals surface area contributed by atoms with Gasteiger partial charge in [-0.05, 0) is 30.9 Å². The van der Waals surface area contributed by atoms with Gasteiger partial charge in [0.25, 0.3) is 0 Å². The van der Waals surface area contributed by atoms with Crippen molar-refractivity contribution in [1.29, 1.82) is 0 Å². The maximum atomic E-state index is 12.3. The molecule has 2 amide bonds. The fourth-order valence-electron chi connectivity index (χ4n) is 4.36. The third kappa shape index (κ3) is 3.80. The lowest BCUT2D eigenvalue weighted by molar-refractivity contribution is 0.185. The maximum absolute atomic E-state index is 12.3. The molecule has 2 aliphatic rings. The van der Waals surface area contributed by atoms with Crippen LogP contribution in [0.5, 0.6) is 0 Å². The number of carbonyl (C=O) groups is 1. The van der Waals surface area contributed by atoms with Crippen LogP contribution in [-0.2, 0) is 0 Å². The molecular formula is C23H28N4O. The van der Waals surface area contributed by atoms with Crippen LogP contribution in [0.3, 0.4) is 0 Å². The summed E-state index contributed by atoms with van der Waals surface area (Å²) in [5.41, 5.74) is 9.90. The molecule has 5 heteroatoms. The Hall–Kier alpha value is -2.66. The van der Waals surface area contributed by atoms with Gasteiger partial charge in [-0.3, -0.25) is 0 Å². The fraction of sp³-hybridized carbons (Fsp3) is 0.391. The van der Waals surface area contributed by atoms with Crippen molar-refractivity contribution in [2.45, 2.75) is 57.2 Å². The van der Waals surface area contributed by atoms with Gasteiger partial charge in [-0.2, -0.15) is 5.10 Å². The molecule has 2 aromatic rings. The fourth-order valence-corrected chi connectivity index (χ4v) is 4.36. The van der Waals surface area contributed by atoms with Crippen LogP contribution in [-0.4, -0.2) is 28.8 Å². The van der Waals surface area contributed by atoms with Crippen molar-refractivity contribution in [3.8, 4) is 0 Å². The van der Waals surface area contributed by atoms with Gasteiger partial charge >= 0.3 is 6.03 Å². The Morgan fingerprint density at radius 3 is 2.36 bits per heavy atom. The van der Waals surface area contributed by atoms with Crippen LogP contribution in [0.1, 0.15) is 54.8 Å². The lowest BCUT2D eigenvalue weighted by Gasteiger charge is -2.32. The van der Waals surface area contributed by atoms with Crippen molar-refractivity contribution in [1.82, 2.24) is 10.3 Å². The van der Waals surface area contributed by atoms with Gasteiger partial charge in [-0.1, -0.05) is 79.4 Å². The molecule has 0 radical (unpaired) electrons. The maximum Gasteiger partial charge on any atom is 0.335 e. The van der Waals surface area contributed by atoms with Gasteiger partial charge in [-0.25, -0.2) is 9.80 Å². The summed E-state index contributed by atoms with van der Waals surface area (Å²) in [5.74, 6) is 0. The number of aryl methyl sites for hydroxylation is 1. The average Bonchev–Trinajstić information content (AvgIpc) is 3.09. The Balaban J connectivity index is 1.74. The van der Waals surface area contributed by atoms with E-state index < -0.39 is 6.03 Å². The van der Waals surface area contributed by atoms with E-state index in [-0.39, 0.29) is 12.1 Å². The third-order valence-electron chi connectivity index (χ3n) is 5.82. The number of rotatable bonds is 4. The molecule has 1 fully saturated rings. The van der Waals surface area contributed by atoms with Gasteiger partial charge in [-0.15, -0.1) is 0 Å². The Morgan fingerprint density at radius 2 is 1.71 bits per heavy atom. The number of hydrazone groups is 1. The molecule has 4 rings (SSSR count). The second kappa shape index (κ2) is 8.15. The molecule has 1 aliphatic carbocycles.